The molecule has 0 saturated carbocycles. The van der Waals surface area contributed by atoms with Gasteiger partial charge in [0.1, 0.15) is 17.0 Å². The zero-order chi connectivity index (χ0) is 36.3. The third-order valence-corrected chi connectivity index (χ3v) is 11.8. The Morgan fingerprint density at radius 3 is 2.11 bits per heavy atom. The van der Waals surface area contributed by atoms with E-state index in [0.29, 0.717) is 0 Å². The van der Waals surface area contributed by atoms with Gasteiger partial charge in [-0.25, -0.2) is 4.98 Å². The number of anilines is 3. The summed E-state index contributed by atoms with van der Waals surface area (Å²) in [4.78, 5) is 7.74. The molecule has 0 saturated heterocycles. The highest BCUT2D eigenvalue weighted by Gasteiger charge is 2.20. The van der Waals surface area contributed by atoms with Crippen molar-refractivity contribution >= 4 is 81.4 Å². The Bertz CT molecular complexity index is 3250. The standard InChI is InChI=1S/C51H32N2OS/c1-2-12-34-29-36(24-23-33(34)11-1)35-13-9-14-39(30-35)53(46-19-6-3-15-40(46)37-26-28-48-44(31-37)41-16-4-7-20-47(41)54-48)51-22-10-18-45(52-51)38-25-27-43-42-17-5-8-21-49(42)55-50(43)32-38/h1-32H. The molecule has 0 amide bonds. The molecule has 8 aromatic carbocycles. The summed E-state index contributed by atoms with van der Waals surface area (Å²) in [5.41, 5.74) is 10.4. The van der Waals surface area contributed by atoms with Crippen LogP contribution < -0.4 is 4.90 Å². The largest absolute Gasteiger partial charge is 0.456 e. The number of aromatic nitrogens is 1. The summed E-state index contributed by atoms with van der Waals surface area (Å²) in [6, 6.07) is 69.2. The van der Waals surface area contributed by atoms with Crippen LogP contribution in [0.2, 0.25) is 0 Å². The second kappa shape index (κ2) is 12.8. The van der Waals surface area contributed by atoms with Crippen LogP contribution in [-0.4, -0.2) is 4.98 Å². The van der Waals surface area contributed by atoms with Crippen LogP contribution in [0.5, 0.6) is 0 Å². The second-order valence-electron chi connectivity index (χ2n) is 14.0. The molecule has 0 radical (unpaired) electrons. The summed E-state index contributed by atoms with van der Waals surface area (Å²) in [7, 11) is 0. The predicted molar refractivity (Wildman–Crippen MR) is 233 cm³/mol. The summed E-state index contributed by atoms with van der Waals surface area (Å²) in [6.45, 7) is 0. The SMILES string of the molecule is c1cc(-c2ccc3ccccc3c2)cc(N(c2cccc(-c3ccc4c(c3)sc3ccccc34)n2)c2ccccc2-c2ccc3oc4ccccc4c3c2)c1. The molecule has 3 nitrogen and oxygen atoms in total. The van der Waals surface area contributed by atoms with E-state index in [0.717, 1.165) is 67.1 Å². The third kappa shape index (κ3) is 5.46. The Morgan fingerprint density at radius 2 is 1.15 bits per heavy atom. The zero-order valence-corrected chi connectivity index (χ0v) is 30.5. The van der Waals surface area contributed by atoms with Crippen LogP contribution in [0.4, 0.5) is 17.2 Å². The maximum Gasteiger partial charge on any atom is 0.138 e. The van der Waals surface area contributed by atoms with Gasteiger partial charge in [0.25, 0.3) is 0 Å². The fourth-order valence-electron chi connectivity index (χ4n) is 7.99. The highest BCUT2D eigenvalue weighted by Crippen LogP contribution is 2.43. The summed E-state index contributed by atoms with van der Waals surface area (Å²) in [5, 5.41) is 7.25. The average molecular weight is 721 g/mol. The van der Waals surface area contributed by atoms with Gasteiger partial charge in [-0.15, -0.1) is 11.3 Å². The van der Waals surface area contributed by atoms with E-state index in [9.17, 15) is 0 Å². The van der Waals surface area contributed by atoms with Crippen molar-refractivity contribution in [2.24, 2.45) is 0 Å². The van der Waals surface area contributed by atoms with Gasteiger partial charge in [0.05, 0.1) is 11.4 Å². The molecule has 0 N–H and O–H groups in total. The van der Waals surface area contributed by atoms with Crippen LogP contribution in [0.3, 0.4) is 0 Å². The van der Waals surface area contributed by atoms with Gasteiger partial charge in [-0.05, 0) is 94.2 Å². The molecule has 11 rings (SSSR count). The van der Waals surface area contributed by atoms with Gasteiger partial charge in [0, 0.05) is 47.8 Å². The first kappa shape index (κ1) is 31.5. The molecule has 0 bridgehead atoms. The maximum absolute atomic E-state index is 6.22. The lowest BCUT2D eigenvalue weighted by atomic mass is 9.98. The second-order valence-corrected chi connectivity index (χ2v) is 15.0. The number of benzene rings is 8. The minimum Gasteiger partial charge on any atom is -0.456 e. The van der Waals surface area contributed by atoms with E-state index in [1.165, 1.54) is 36.5 Å². The smallest absolute Gasteiger partial charge is 0.138 e. The number of thiophene rings is 1. The molecule has 3 heterocycles. The number of hydrogen-bond acceptors (Lipinski definition) is 4. The monoisotopic (exact) mass is 720 g/mol. The first-order chi connectivity index (χ1) is 27.2. The van der Waals surface area contributed by atoms with Crippen LogP contribution in [-0.2, 0) is 0 Å². The Morgan fingerprint density at radius 1 is 0.418 bits per heavy atom. The lowest BCUT2D eigenvalue weighted by Crippen LogP contribution is -2.13. The molecule has 4 heteroatoms. The Hall–Kier alpha value is -7.01. The molecule has 55 heavy (non-hydrogen) atoms. The molecule has 3 aromatic heterocycles. The zero-order valence-electron chi connectivity index (χ0n) is 29.7. The van der Waals surface area contributed by atoms with E-state index in [1.54, 1.807) is 0 Å². The van der Waals surface area contributed by atoms with Crippen molar-refractivity contribution in [3.05, 3.63) is 194 Å². The van der Waals surface area contributed by atoms with Gasteiger partial charge in [0.15, 0.2) is 0 Å². The van der Waals surface area contributed by atoms with Crippen molar-refractivity contribution in [2.45, 2.75) is 0 Å². The molecule has 258 valence electrons. The van der Waals surface area contributed by atoms with Crippen LogP contribution in [0.15, 0.2) is 199 Å². The molecule has 0 aliphatic heterocycles. The summed E-state index contributed by atoms with van der Waals surface area (Å²) >= 11 is 1.83. The Kier molecular flexibility index (Phi) is 7.35. The van der Waals surface area contributed by atoms with Crippen LogP contribution in [0, 0.1) is 0 Å². The van der Waals surface area contributed by atoms with Gasteiger partial charge >= 0.3 is 0 Å². The number of furan rings is 1. The van der Waals surface area contributed by atoms with E-state index in [2.05, 4.69) is 187 Å². The molecule has 11 aromatic rings. The molecule has 0 unspecified atom stereocenters. The van der Waals surface area contributed by atoms with Crippen LogP contribution >= 0.6 is 11.3 Å². The molecule has 0 fully saturated rings. The third-order valence-electron chi connectivity index (χ3n) is 10.7. The van der Waals surface area contributed by atoms with E-state index in [1.807, 2.05) is 23.5 Å². The lowest BCUT2D eigenvalue weighted by Gasteiger charge is -2.27. The van der Waals surface area contributed by atoms with E-state index < -0.39 is 0 Å². The predicted octanol–water partition coefficient (Wildman–Crippen LogP) is 15.0. The number of rotatable bonds is 6. The van der Waals surface area contributed by atoms with E-state index >= 15 is 0 Å². The highest BCUT2D eigenvalue weighted by atomic mass is 32.1. The lowest BCUT2D eigenvalue weighted by molar-refractivity contribution is 0.669. The van der Waals surface area contributed by atoms with Gasteiger partial charge in [-0.1, -0.05) is 127 Å². The summed E-state index contributed by atoms with van der Waals surface area (Å²) < 4.78 is 8.78. The van der Waals surface area contributed by atoms with E-state index in [4.69, 9.17) is 9.40 Å². The highest BCUT2D eigenvalue weighted by molar-refractivity contribution is 7.25. The van der Waals surface area contributed by atoms with Crippen molar-refractivity contribution in [1.29, 1.82) is 0 Å². The minimum absolute atomic E-state index is 0.840. The normalized spacial score (nSPS) is 11.6. The van der Waals surface area contributed by atoms with Crippen molar-refractivity contribution in [3.8, 4) is 33.5 Å². The van der Waals surface area contributed by atoms with Gasteiger partial charge in [0.2, 0.25) is 0 Å². The maximum atomic E-state index is 6.22. The number of fused-ring (bicyclic) bond motifs is 7. The summed E-state index contributed by atoms with van der Waals surface area (Å²) in [6.07, 6.45) is 0. The number of para-hydroxylation sites is 2. The molecule has 0 aliphatic carbocycles. The Labute approximate surface area is 322 Å². The topological polar surface area (TPSA) is 29.3 Å². The fraction of sp³-hybridized carbons (Fsp3) is 0. The van der Waals surface area contributed by atoms with Crippen molar-refractivity contribution < 1.29 is 4.42 Å². The minimum atomic E-state index is 0.840. The van der Waals surface area contributed by atoms with Crippen molar-refractivity contribution in [1.82, 2.24) is 4.98 Å². The number of hydrogen-bond donors (Lipinski definition) is 0. The van der Waals surface area contributed by atoms with E-state index in [-0.39, 0.29) is 0 Å². The van der Waals surface area contributed by atoms with Crippen LogP contribution in [0.1, 0.15) is 0 Å². The molecular formula is C51H32N2OS. The fourth-order valence-corrected chi connectivity index (χ4v) is 9.13. The average Bonchev–Trinajstić information content (AvgIpc) is 3.82. The molecular weight excluding hydrogens is 689 g/mol. The molecule has 0 spiro atoms. The van der Waals surface area contributed by atoms with Gasteiger partial charge < -0.3 is 4.42 Å². The van der Waals surface area contributed by atoms with Gasteiger partial charge in [-0.2, -0.15) is 0 Å². The number of pyridine rings is 1. The first-order valence-electron chi connectivity index (χ1n) is 18.5. The summed E-state index contributed by atoms with van der Waals surface area (Å²) in [5.74, 6) is 0.840. The van der Waals surface area contributed by atoms with Crippen LogP contribution in [0.25, 0.3) is 86.4 Å². The first-order valence-corrected chi connectivity index (χ1v) is 19.3. The molecule has 0 atom stereocenters. The van der Waals surface area contributed by atoms with Crippen molar-refractivity contribution in [2.75, 3.05) is 4.90 Å². The van der Waals surface area contributed by atoms with Gasteiger partial charge in [-0.3, -0.25) is 4.90 Å². The quantitative estimate of drug-likeness (QED) is 0.171. The molecule has 0 aliphatic rings. The number of nitrogens with zero attached hydrogens (tertiary/aromatic N) is 2. The van der Waals surface area contributed by atoms with Crippen molar-refractivity contribution in [3.63, 3.8) is 0 Å². The Balaban J connectivity index is 1.09.